The van der Waals surface area contributed by atoms with Gasteiger partial charge in [-0.1, -0.05) is 0 Å². The molecule has 1 heterocycles. The molecule has 0 aliphatic carbocycles. The Balaban J connectivity index is 2.15. The van der Waals surface area contributed by atoms with E-state index in [1.807, 2.05) is 20.2 Å². The van der Waals surface area contributed by atoms with Gasteiger partial charge in [0.15, 0.2) is 0 Å². The number of amides is 1. The van der Waals surface area contributed by atoms with Crippen molar-refractivity contribution in [1.29, 1.82) is 0 Å². The van der Waals surface area contributed by atoms with Crippen LogP contribution in [0.1, 0.15) is 25.5 Å². The summed E-state index contributed by atoms with van der Waals surface area (Å²) in [6, 6.07) is 4.56. The van der Waals surface area contributed by atoms with Crippen molar-refractivity contribution in [3.63, 3.8) is 0 Å². The number of aromatic nitrogens is 2. The lowest BCUT2D eigenvalue weighted by molar-refractivity contribution is -0.114. The van der Waals surface area contributed by atoms with Crippen LogP contribution in [0, 0.1) is 5.82 Å². The summed E-state index contributed by atoms with van der Waals surface area (Å²) in [5.41, 5.74) is 1.92. The number of hydrogen-bond acceptors (Lipinski definition) is 3. The molecule has 0 saturated heterocycles. The second-order valence-electron chi connectivity index (χ2n) is 4.69. The number of hydrogen-bond donors (Lipinski definition) is 2. The zero-order chi connectivity index (χ0) is 14.7. The minimum absolute atomic E-state index is 0.0272. The number of benzene rings is 1. The first kappa shape index (κ1) is 14.0. The quantitative estimate of drug-likeness (QED) is 0.902. The molecule has 1 aromatic heterocycles. The summed E-state index contributed by atoms with van der Waals surface area (Å²) in [5, 5.41) is 9.81. The normalized spacial score (nSPS) is 12.0. The highest BCUT2D eigenvalue weighted by Gasteiger charge is 2.10. The minimum Gasteiger partial charge on any atom is -0.378 e. The van der Waals surface area contributed by atoms with Crippen molar-refractivity contribution in [2.24, 2.45) is 7.05 Å². The first-order valence-corrected chi connectivity index (χ1v) is 6.28. The Morgan fingerprint density at radius 1 is 1.45 bits per heavy atom. The molecule has 5 nitrogen and oxygen atoms in total. The number of rotatable bonds is 4. The van der Waals surface area contributed by atoms with Crippen LogP contribution in [0.25, 0.3) is 0 Å². The average Bonchev–Trinajstić information content (AvgIpc) is 2.79. The van der Waals surface area contributed by atoms with Crippen molar-refractivity contribution in [3.05, 3.63) is 42.0 Å². The predicted octanol–water partition coefficient (Wildman–Crippen LogP) is 2.69. The van der Waals surface area contributed by atoms with E-state index in [0.717, 1.165) is 11.3 Å². The van der Waals surface area contributed by atoms with E-state index in [9.17, 15) is 9.18 Å². The van der Waals surface area contributed by atoms with Gasteiger partial charge in [-0.2, -0.15) is 5.10 Å². The smallest absolute Gasteiger partial charge is 0.221 e. The van der Waals surface area contributed by atoms with Gasteiger partial charge in [0.1, 0.15) is 5.82 Å². The number of halogens is 1. The second kappa shape index (κ2) is 5.73. The molecule has 0 aliphatic rings. The molecule has 1 amide bonds. The zero-order valence-electron chi connectivity index (χ0n) is 11.6. The van der Waals surface area contributed by atoms with Crippen molar-refractivity contribution >= 4 is 17.3 Å². The molecule has 2 aromatic rings. The largest absolute Gasteiger partial charge is 0.378 e. The molecule has 2 rings (SSSR count). The summed E-state index contributed by atoms with van der Waals surface area (Å²) in [7, 11) is 1.85. The topological polar surface area (TPSA) is 59.0 Å². The Bertz CT molecular complexity index is 623. The third-order valence-corrected chi connectivity index (χ3v) is 2.89. The molecule has 0 aliphatic heterocycles. The molecule has 20 heavy (non-hydrogen) atoms. The van der Waals surface area contributed by atoms with Crippen LogP contribution in [0.3, 0.4) is 0 Å². The summed E-state index contributed by atoms with van der Waals surface area (Å²) in [5.74, 6) is -0.763. The van der Waals surface area contributed by atoms with Gasteiger partial charge in [-0.3, -0.25) is 9.48 Å². The molecular weight excluding hydrogens is 259 g/mol. The van der Waals surface area contributed by atoms with Crippen LogP contribution in [0.4, 0.5) is 15.8 Å². The second-order valence-corrected chi connectivity index (χ2v) is 4.69. The molecule has 1 unspecified atom stereocenters. The van der Waals surface area contributed by atoms with Gasteiger partial charge in [0.2, 0.25) is 5.91 Å². The Hall–Kier alpha value is -2.37. The fourth-order valence-electron chi connectivity index (χ4n) is 1.90. The van der Waals surface area contributed by atoms with Gasteiger partial charge in [-0.25, -0.2) is 4.39 Å². The minimum atomic E-state index is -0.459. The van der Waals surface area contributed by atoms with Crippen molar-refractivity contribution in [2.75, 3.05) is 10.6 Å². The molecule has 1 aromatic carbocycles. The van der Waals surface area contributed by atoms with E-state index in [1.165, 1.54) is 13.0 Å². The summed E-state index contributed by atoms with van der Waals surface area (Å²) in [4.78, 5) is 11.0. The Morgan fingerprint density at radius 2 is 2.20 bits per heavy atom. The maximum atomic E-state index is 13.5. The molecule has 0 spiro atoms. The third kappa shape index (κ3) is 3.34. The maximum absolute atomic E-state index is 13.5. The first-order valence-electron chi connectivity index (χ1n) is 6.28. The standard InChI is InChI=1S/C14H17FN4O/c1-9(11-7-16-19(3)8-11)17-12-4-5-13(15)14(6-12)18-10(2)20/h4-9,17H,1-3H3,(H,18,20). The molecule has 0 saturated carbocycles. The molecule has 1 atom stereocenters. The van der Waals surface area contributed by atoms with Crippen molar-refractivity contribution in [1.82, 2.24) is 9.78 Å². The van der Waals surface area contributed by atoms with Crippen LogP contribution in [0.15, 0.2) is 30.6 Å². The Labute approximate surface area is 116 Å². The molecule has 0 radical (unpaired) electrons. The van der Waals surface area contributed by atoms with Crippen LogP contribution < -0.4 is 10.6 Å². The molecule has 2 N–H and O–H groups in total. The summed E-state index contributed by atoms with van der Waals surface area (Å²) in [6.07, 6.45) is 3.69. The number of nitrogens with one attached hydrogen (secondary N) is 2. The van der Waals surface area contributed by atoms with Crippen molar-refractivity contribution in [3.8, 4) is 0 Å². The van der Waals surface area contributed by atoms with Gasteiger partial charge in [0.05, 0.1) is 17.9 Å². The van der Waals surface area contributed by atoms with Crippen LogP contribution in [-0.2, 0) is 11.8 Å². The van der Waals surface area contributed by atoms with Gasteiger partial charge in [-0.15, -0.1) is 0 Å². The highest BCUT2D eigenvalue weighted by Crippen LogP contribution is 2.23. The van der Waals surface area contributed by atoms with E-state index in [2.05, 4.69) is 15.7 Å². The summed E-state index contributed by atoms with van der Waals surface area (Å²) in [6.45, 7) is 3.33. The third-order valence-electron chi connectivity index (χ3n) is 2.89. The van der Waals surface area contributed by atoms with Gasteiger partial charge >= 0.3 is 0 Å². The Morgan fingerprint density at radius 3 is 2.80 bits per heavy atom. The van der Waals surface area contributed by atoms with Gasteiger partial charge < -0.3 is 10.6 Å². The number of carbonyl (C=O) groups excluding carboxylic acids is 1. The van der Waals surface area contributed by atoms with Crippen LogP contribution >= 0.6 is 0 Å². The highest BCUT2D eigenvalue weighted by molar-refractivity contribution is 5.89. The van der Waals surface area contributed by atoms with Gasteiger partial charge in [-0.05, 0) is 25.1 Å². The molecule has 0 bridgehead atoms. The van der Waals surface area contributed by atoms with E-state index < -0.39 is 5.82 Å². The lowest BCUT2D eigenvalue weighted by Crippen LogP contribution is -2.09. The van der Waals surface area contributed by atoms with Gasteiger partial charge in [0.25, 0.3) is 0 Å². The molecular formula is C14H17FN4O. The summed E-state index contributed by atoms with van der Waals surface area (Å²) < 4.78 is 15.3. The van der Waals surface area contributed by atoms with Crippen molar-refractivity contribution in [2.45, 2.75) is 19.9 Å². The van der Waals surface area contributed by atoms with Crippen molar-refractivity contribution < 1.29 is 9.18 Å². The van der Waals surface area contributed by atoms with Gasteiger partial charge in [0, 0.05) is 31.4 Å². The van der Waals surface area contributed by atoms with Crippen LogP contribution in [-0.4, -0.2) is 15.7 Å². The van der Waals surface area contributed by atoms with Crippen LogP contribution in [0.2, 0.25) is 0 Å². The van der Waals surface area contributed by atoms with E-state index in [0.29, 0.717) is 0 Å². The fourth-order valence-corrected chi connectivity index (χ4v) is 1.90. The molecule has 6 heteroatoms. The predicted molar refractivity (Wildman–Crippen MR) is 75.9 cm³/mol. The number of nitrogens with zero attached hydrogens (tertiary/aromatic N) is 2. The lowest BCUT2D eigenvalue weighted by Gasteiger charge is -2.15. The monoisotopic (exact) mass is 276 g/mol. The average molecular weight is 276 g/mol. The van der Waals surface area contributed by atoms with E-state index >= 15 is 0 Å². The maximum Gasteiger partial charge on any atom is 0.221 e. The zero-order valence-corrected chi connectivity index (χ0v) is 11.6. The summed E-state index contributed by atoms with van der Waals surface area (Å²) >= 11 is 0. The number of anilines is 2. The van der Waals surface area contributed by atoms with Crippen LogP contribution in [0.5, 0.6) is 0 Å². The first-order chi connectivity index (χ1) is 9.45. The lowest BCUT2D eigenvalue weighted by atomic mass is 10.1. The molecule has 0 fully saturated rings. The number of aryl methyl sites for hydroxylation is 1. The number of carbonyl (C=O) groups is 1. The molecule has 106 valence electrons. The highest BCUT2D eigenvalue weighted by atomic mass is 19.1. The van der Waals surface area contributed by atoms with E-state index in [-0.39, 0.29) is 17.6 Å². The van der Waals surface area contributed by atoms with E-state index in [1.54, 1.807) is 23.0 Å². The SMILES string of the molecule is CC(=O)Nc1cc(NC(C)c2cnn(C)c2)ccc1F. The van der Waals surface area contributed by atoms with E-state index in [4.69, 9.17) is 0 Å². The fraction of sp³-hybridized carbons (Fsp3) is 0.286. The Kier molecular flexibility index (Phi) is 4.02.